The lowest BCUT2D eigenvalue weighted by Gasteiger charge is -2.25. The molecule has 8 heteroatoms. The van der Waals surface area contributed by atoms with Gasteiger partial charge >= 0.3 is 0 Å². The maximum Gasteiger partial charge on any atom is 0.203 e. The monoisotopic (exact) mass is 406 g/mol. The Bertz CT molecular complexity index is 778. The van der Waals surface area contributed by atoms with E-state index in [1.54, 1.807) is 0 Å². The smallest absolute Gasteiger partial charge is 0.203 e. The Morgan fingerprint density at radius 3 is 2.82 bits per heavy atom. The van der Waals surface area contributed by atoms with Crippen molar-refractivity contribution < 1.29 is 14.6 Å². The van der Waals surface area contributed by atoms with Crippen molar-refractivity contribution in [3.05, 3.63) is 36.2 Å². The largest absolute Gasteiger partial charge is 0.391 e. The molecule has 0 aliphatic heterocycles. The fourth-order valence-electron chi connectivity index (χ4n) is 3.97. The number of aliphatic hydroxyl groups is 1. The van der Waals surface area contributed by atoms with Crippen LogP contribution in [-0.4, -0.2) is 50.2 Å². The van der Waals surface area contributed by atoms with Gasteiger partial charge in [0, 0.05) is 24.3 Å². The predicted molar refractivity (Wildman–Crippen MR) is 110 cm³/mol. The van der Waals surface area contributed by atoms with Crippen LogP contribution < -0.4 is 5.32 Å². The molecule has 0 spiro atoms. The zero-order valence-electron chi connectivity index (χ0n) is 16.4. The number of nitrogens with one attached hydrogen (secondary N) is 2. The Morgan fingerprint density at radius 2 is 2.11 bits per heavy atom. The topological polar surface area (TPSA) is 111 Å². The van der Waals surface area contributed by atoms with E-state index in [4.69, 9.17) is 0 Å². The van der Waals surface area contributed by atoms with Gasteiger partial charge in [0.2, 0.25) is 7.37 Å². The van der Waals surface area contributed by atoms with Gasteiger partial charge in [0.25, 0.3) is 0 Å². The number of benzene rings is 1. The summed E-state index contributed by atoms with van der Waals surface area (Å²) in [6.07, 6.45) is 6.56. The van der Waals surface area contributed by atoms with Crippen molar-refractivity contribution in [2.45, 2.75) is 51.2 Å². The molecule has 1 saturated carbocycles. The maximum atomic E-state index is 12.5. The molecule has 154 valence electrons. The van der Waals surface area contributed by atoms with Crippen LogP contribution in [0, 0.1) is 5.92 Å². The molecule has 2 unspecified atom stereocenters. The van der Waals surface area contributed by atoms with Crippen molar-refractivity contribution in [3.8, 4) is 11.4 Å². The van der Waals surface area contributed by atoms with Gasteiger partial charge in [0.05, 0.1) is 12.3 Å². The van der Waals surface area contributed by atoms with Crippen molar-refractivity contribution in [2.75, 3.05) is 18.9 Å². The van der Waals surface area contributed by atoms with Gasteiger partial charge in [-0.3, -0.25) is 9.66 Å². The van der Waals surface area contributed by atoms with Crippen molar-refractivity contribution >= 4 is 7.37 Å². The number of H-pyrrole nitrogens is 1. The molecule has 1 heterocycles. The zero-order chi connectivity index (χ0) is 20.0. The number of aliphatic hydroxyl groups excluding tert-OH is 1. The second-order valence-electron chi connectivity index (χ2n) is 7.96. The summed E-state index contributed by atoms with van der Waals surface area (Å²) >= 11 is 0. The maximum absolute atomic E-state index is 12.5. The first-order valence-corrected chi connectivity index (χ1v) is 12.1. The molecule has 1 aromatic carbocycles. The average molecular weight is 406 g/mol. The molecule has 3 rings (SSSR count). The van der Waals surface area contributed by atoms with Crippen LogP contribution in [0.2, 0.25) is 0 Å². The lowest BCUT2D eigenvalue weighted by molar-refractivity contribution is 0.186. The Morgan fingerprint density at radius 1 is 1.32 bits per heavy atom. The first kappa shape index (κ1) is 21.2. The summed E-state index contributed by atoms with van der Waals surface area (Å²) in [5.74, 6) is 1.04. The fraction of sp³-hybridized carbons (Fsp3) is 0.600. The van der Waals surface area contributed by atoms with Crippen LogP contribution in [0.5, 0.6) is 0 Å². The van der Waals surface area contributed by atoms with Gasteiger partial charge in [0.15, 0.2) is 5.82 Å². The summed E-state index contributed by atoms with van der Waals surface area (Å²) in [7, 11) is -3.30. The Labute approximate surface area is 166 Å². The minimum absolute atomic E-state index is 0.00561. The average Bonchev–Trinajstić information content (AvgIpc) is 3.21. The van der Waals surface area contributed by atoms with Crippen LogP contribution in [0.1, 0.15) is 50.6 Å². The van der Waals surface area contributed by atoms with Crippen LogP contribution in [0.3, 0.4) is 0 Å². The van der Waals surface area contributed by atoms with Gasteiger partial charge < -0.3 is 15.3 Å². The molecule has 1 aromatic heterocycles. The summed E-state index contributed by atoms with van der Waals surface area (Å²) in [5, 5.41) is 20.3. The van der Waals surface area contributed by atoms with Gasteiger partial charge in [-0.2, -0.15) is 5.10 Å². The summed E-state index contributed by atoms with van der Waals surface area (Å²) in [5.41, 5.74) is 1.99. The minimum Gasteiger partial charge on any atom is -0.391 e. The molecular weight excluding hydrogens is 375 g/mol. The number of nitrogens with zero attached hydrogens (tertiary/aromatic N) is 2. The van der Waals surface area contributed by atoms with Gasteiger partial charge in [-0.25, -0.2) is 4.98 Å². The quantitative estimate of drug-likeness (QED) is 0.476. The van der Waals surface area contributed by atoms with Crippen LogP contribution in [0.4, 0.5) is 0 Å². The SMILES string of the molecule is CC(NC[C@H](O)CP(=O)(O)CC1CCCCC1)c1cccc(-c2ncn[nH]2)c1. The van der Waals surface area contributed by atoms with E-state index in [0.29, 0.717) is 17.9 Å². The van der Waals surface area contributed by atoms with E-state index in [-0.39, 0.29) is 18.7 Å². The zero-order valence-corrected chi connectivity index (χ0v) is 17.3. The summed E-state index contributed by atoms with van der Waals surface area (Å²) in [4.78, 5) is 14.5. The summed E-state index contributed by atoms with van der Waals surface area (Å²) in [6, 6.07) is 7.93. The highest BCUT2D eigenvalue weighted by atomic mass is 31.2. The van der Waals surface area contributed by atoms with Crippen LogP contribution in [0.25, 0.3) is 11.4 Å². The molecule has 1 fully saturated rings. The molecular formula is C20H31N4O3P. The third-order valence-electron chi connectivity index (χ3n) is 5.50. The second-order valence-corrected chi connectivity index (χ2v) is 10.4. The molecule has 1 aliphatic rings. The molecule has 4 N–H and O–H groups in total. The van der Waals surface area contributed by atoms with Gasteiger partial charge in [-0.15, -0.1) is 0 Å². The Balaban J connectivity index is 1.49. The molecule has 0 amide bonds. The van der Waals surface area contributed by atoms with Crippen molar-refractivity contribution in [2.24, 2.45) is 5.92 Å². The fourth-order valence-corrected chi connectivity index (χ4v) is 6.08. The second kappa shape index (κ2) is 9.79. The number of aromatic amines is 1. The van der Waals surface area contributed by atoms with Gasteiger partial charge in [0.1, 0.15) is 6.33 Å². The first-order chi connectivity index (χ1) is 13.4. The molecule has 3 atom stereocenters. The van der Waals surface area contributed by atoms with E-state index in [1.165, 1.54) is 12.7 Å². The minimum atomic E-state index is -3.30. The van der Waals surface area contributed by atoms with E-state index in [0.717, 1.165) is 36.8 Å². The van der Waals surface area contributed by atoms with E-state index < -0.39 is 13.5 Å². The molecule has 1 aliphatic carbocycles. The van der Waals surface area contributed by atoms with E-state index >= 15 is 0 Å². The number of hydrogen-bond acceptors (Lipinski definition) is 5. The van der Waals surface area contributed by atoms with Crippen LogP contribution in [-0.2, 0) is 4.57 Å². The van der Waals surface area contributed by atoms with Gasteiger partial charge in [-0.05, 0) is 37.3 Å². The van der Waals surface area contributed by atoms with E-state index in [9.17, 15) is 14.6 Å². The molecule has 0 radical (unpaired) electrons. The van der Waals surface area contributed by atoms with E-state index in [1.807, 2.05) is 31.2 Å². The Kier molecular flexibility index (Phi) is 7.41. The molecule has 0 saturated heterocycles. The molecule has 28 heavy (non-hydrogen) atoms. The number of rotatable bonds is 9. The summed E-state index contributed by atoms with van der Waals surface area (Å²) < 4.78 is 12.5. The highest BCUT2D eigenvalue weighted by Gasteiger charge is 2.28. The number of hydrogen-bond donors (Lipinski definition) is 4. The molecule has 2 aromatic rings. The predicted octanol–water partition coefficient (Wildman–Crippen LogP) is 3.33. The van der Waals surface area contributed by atoms with Crippen molar-refractivity contribution in [1.29, 1.82) is 0 Å². The standard InChI is InChI=1S/C20H31N4O3P/c1-15(17-8-5-9-18(10-17)20-22-14-23-24-20)21-11-19(25)13-28(26,27)12-16-6-3-2-4-7-16/h5,8-10,14-16,19,21,25H,2-4,6-7,11-13H2,1H3,(H,26,27)(H,22,23,24)/t15?,19-/m0/s1. The highest BCUT2D eigenvalue weighted by Crippen LogP contribution is 2.45. The Hall–Kier alpha value is -1.53. The molecule has 7 nitrogen and oxygen atoms in total. The normalized spacial score (nSPS) is 19.8. The summed E-state index contributed by atoms with van der Waals surface area (Å²) in [6.45, 7) is 2.29. The molecule has 0 bridgehead atoms. The number of aromatic nitrogens is 3. The third-order valence-corrected chi connectivity index (χ3v) is 7.58. The van der Waals surface area contributed by atoms with Crippen molar-refractivity contribution in [1.82, 2.24) is 20.5 Å². The van der Waals surface area contributed by atoms with Crippen molar-refractivity contribution in [3.63, 3.8) is 0 Å². The van der Waals surface area contributed by atoms with Gasteiger partial charge in [-0.1, -0.05) is 37.5 Å². The lowest BCUT2D eigenvalue weighted by atomic mass is 9.91. The van der Waals surface area contributed by atoms with Crippen LogP contribution >= 0.6 is 7.37 Å². The lowest BCUT2D eigenvalue weighted by Crippen LogP contribution is -2.32. The third kappa shape index (κ3) is 6.24. The van der Waals surface area contributed by atoms with Crippen LogP contribution in [0.15, 0.2) is 30.6 Å². The highest BCUT2D eigenvalue weighted by molar-refractivity contribution is 7.58. The first-order valence-electron chi connectivity index (χ1n) is 10.1. The van der Waals surface area contributed by atoms with E-state index in [2.05, 4.69) is 20.5 Å².